The predicted octanol–water partition coefficient (Wildman–Crippen LogP) is 2.99. The Bertz CT molecular complexity index is 434. The summed E-state index contributed by atoms with van der Waals surface area (Å²) in [4.78, 5) is 0. The first kappa shape index (κ1) is 11.7. The zero-order valence-electron chi connectivity index (χ0n) is 10.1. The number of hydrogen-bond donors (Lipinski definition) is 1. The van der Waals surface area contributed by atoms with Gasteiger partial charge in [-0.3, -0.25) is 0 Å². The van der Waals surface area contributed by atoms with Crippen molar-refractivity contribution in [1.82, 2.24) is 5.32 Å². The van der Waals surface area contributed by atoms with Gasteiger partial charge >= 0.3 is 0 Å². The molecule has 0 radical (unpaired) electrons. The number of nitrogens with one attached hydrogen (secondary N) is 1. The van der Waals surface area contributed by atoms with Gasteiger partial charge in [0.25, 0.3) is 0 Å². The summed E-state index contributed by atoms with van der Waals surface area (Å²) in [6.07, 6.45) is 3.45. The highest BCUT2D eigenvalue weighted by atomic mass is 16.5. The standard InChI is InChI=1S/C14H17NO2/c1-3-17-13-6-4-11(5-7-13)14(15-2)12-8-9-16-10-12/h4-10,14-15H,3H2,1-2H3. The second-order valence-electron chi connectivity index (χ2n) is 3.78. The van der Waals surface area contributed by atoms with Crippen LogP contribution in [0.2, 0.25) is 0 Å². The molecule has 2 aromatic rings. The van der Waals surface area contributed by atoms with Crippen LogP contribution in [0.3, 0.4) is 0 Å². The van der Waals surface area contributed by atoms with Crippen LogP contribution in [0.5, 0.6) is 5.75 Å². The lowest BCUT2D eigenvalue weighted by atomic mass is 10.0. The fourth-order valence-electron chi connectivity index (χ4n) is 1.89. The van der Waals surface area contributed by atoms with Crippen LogP contribution in [0.4, 0.5) is 0 Å². The Kier molecular flexibility index (Phi) is 3.83. The van der Waals surface area contributed by atoms with Gasteiger partial charge in [-0.1, -0.05) is 12.1 Å². The van der Waals surface area contributed by atoms with Crippen molar-refractivity contribution in [3.8, 4) is 5.75 Å². The summed E-state index contributed by atoms with van der Waals surface area (Å²) in [5.74, 6) is 0.901. The van der Waals surface area contributed by atoms with E-state index in [-0.39, 0.29) is 6.04 Å². The minimum Gasteiger partial charge on any atom is -0.494 e. The normalized spacial score (nSPS) is 12.4. The van der Waals surface area contributed by atoms with Gasteiger partial charge in [-0.2, -0.15) is 0 Å². The van der Waals surface area contributed by atoms with Crippen molar-refractivity contribution in [3.05, 3.63) is 54.0 Å². The van der Waals surface area contributed by atoms with E-state index in [1.54, 1.807) is 12.5 Å². The van der Waals surface area contributed by atoms with Crippen LogP contribution in [-0.4, -0.2) is 13.7 Å². The SMILES string of the molecule is CCOc1ccc(C(NC)c2ccoc2)cc1. The van der Waals surface area contributed by atoms with E-state index in [4.69, 9.17) is 9.15 Å². The van der Waals surface area contributed by atoms with Crippen molar-refractivity contribution in [2.45, 2.75) is 13.0 Å². The van der Waals surface area contributed by atoms with Gasteiger partial charge in [0.2, 0.25) is 0 Å². The first-order valence-electron chi connectivity index (χ1n) is 5.77. The van der Waals surface area contributed by atoms with Gasteiger partial charge in [0.15, 0.2) is 0 Å². The molecule has 90 valence electrons. The molecule has 0 amide bonds. The largest absolute Gasteiger partial charge is 0.494 e. The van der Waals surface area contributed by atoms with E-state index < -0.39 is 0 Å². The van der Waals surface area contributed by atoms with Crippen molar-refractivity contribution in [2.24, 2.45) is 0 Å². The van der Waals surface area contributed by atoms with Gasteiger partial charge < -0.3 is 14.5 Å². The van der Waals surface area contributed by atoms with E-state index >= 15 is 0 Å². The van der Waals surface area contributed by atoms with Crippen LogP contribution in [0.1, 0.15) is 24.1 Å². The molecule has 0 aliphatic carbocycles. The molecule has 1 unspecified atom stereocenters. The Morgan fingerprint density at radius 3 is 2.47 bits per heavy atom. The van der Waals surface area contributed by atoms with Crippen LogP contribution in [0.15, 0.2) is 47.3 Å². The van der Waals surface area contributed by atoms with Gasteiger partial charge in [-0.05, 0) is 37.7 Å². The molecule has 3 heteroatoms. The van der Waals surface area contributed by atoms with E-state index in [0.717, 1.165) is 11.3 Å². The number of rotatable bonds is 5. The zero-order chi connectivity index (χ0) is 12.1. The highest BCUT2D eigenvalue weighted by Gasteiger charge is 2.12. The lowest BCUT2D eigenvalue weighted by Gasteiger charge is -2.15. The van der Waals surface area contributed by atoms with Crippen LogP contribution in [-0.2, 0) is 0 Å². The minimum atomic E-state index is 0.157. The molecule has 1 atom stereocenters. The topological polar surface area (TPSA) is 34.4 Å². The van der Waals surface area contributed by atoms with E-state index in [9.17, 15) is 0 Å². The van der Waals surface area contributed by atoms with Crippen LogP contribution in [0, 0.1) is 0 Å². The van der Waals surface area contributed by atoms with E-state index in [0.29, 0.717) is 6.61 Å². The number of ether oxygens (including phenoxy) is 1. The molecule has 0 aliphatic rings. The average Bonchev–Trinajstić information content (AvgIpc) is 2.86. The third-order valence-electron chi connectivity index (χ3n) is 2.69. The zero-order valence-corrected chi connectivity index (χ0v) is 10.1. The summed E-state index contributed by atoms with van der Waals surface area (Å²) in [5.41, 5.74) is 2.31. The smallest absolute Gasteiger partial charge is 0.119 e. The summed E-state index contributed by atoms with van der Waals surface area (Å²) in [5, 5.41) is 3.27. The summed E-state index contributed by atoms with van der Waals surface area (Å²) in [6, 6.07) is 10.2. The molecule has 1 N–H and O–H groups in total. The fraction of sp³-hybridized carbons (Fsp3) is 0.286. The van der Waals surface area contributed by atoms with Crippen molar-refractivity contribution in [1.29, 1.82) is 0 Å². The number of benzene rings is 1. The molecule has 0 bridgehead atoms. The first-order valence-corrected chi connectivity index (χ1v) is 5.77. The molecule has 1 heterocycles. The Balaban J connectivity index is 2.20. The molecule has 3 nitrogen and oxygen atoms in total. The molecule has 2 rings (SSSR count). The van der Waals surface area contributed by atoms with Gasteiger partial charge in [0.05, 0.1) is 25.2 Å². The molecule has 0 saturated carbocycles. The quantitative estimate of drug-likeness (QED) is 0.859. The van der Waals surface area contributed by atoms with E-state index in [1.807, 2.05) is 32.2 Å². The molecule has 0 saturated heterocycles. The Labute approximate surface area is 101 Å². The number of hydrogen-bond acceptors (Lipinski definition) is 3. The second kappa shape index (κ2) is 5.55. The Morgan fingerprint density at radius 2 is 1.94 bits per heavy atom. The first-order chi connectivity index (χ1) is 8.35. The molecule has 1 aromatic heterocycles. The molecular formula is C14H17NO2. The maximum Gasteiger partial charge on any atom is 0.119 e. The highest BCUT2D eigenvalue weighted by molar-refractivity contribution is 5.34. The monoisotopic (exact) mass is 231 g/mol. The predicted molar refractivity (Wildman–Crippen MR) is 67.2 cm³/mol. The van der Waals surface area contributed by atoms with Gasteiger partial charge in [0, 0.05) is 5.56 Å². The van der Waals surface area contributed by atoms with Gasteiger partial charge in [-0.15, -0.1) is 0 Å². The third-order valence-corrected chi connectivity index (χ3v) is 2.69. The van der Waals surface area contributed by atoms with E-state index in [2.05, 4.69) is 17.4 Å². The van der Waals surface area contributed by atoms with Crippen LogP contribution < -0.4 is 10.1 Å². The van der Waals surface area contributed by atoms with Crippen molar-refractivity contribution >= 4 is 0 Å². The van der Waals surface area contributed by atoms with Gasteiger partial charge in [0.1, 0.15) is 5.75 Å². The molecular weight excluding hydrogens is 214 g/mol. The van der Waals surface area contributed by atoms with E-state index in [1.165, 1.54) is 5.56 Å². The Hall–Kier alpha value is -1.74. The van der Waals surface area contributed by atoms with Crippen molar-refractivity contribution in [2.75, 3.05) is 13.7 Å². The Morgan fingerprint density at radius 1 is 1.18 bits per heavy atom. The third kappa shape index (κ3) is 2.68. The average molecular weight is 231 g/mol. The lowest BCUT2D eigenvalue weighted by Crippen LogP contribution is -2.16. The molecule has 0 spiro atoms. The van der Waals surface area contributed by atoms with Crippen LogP contribution in [0.25, 0.3) is 0 Å². The van der Waals surface area contributed by atoms with Crippen molar-refractivity contribution < 1.29 is 9.15 Å². The molecule has 0 fully saturated rings. The molecule has 0 aliphatic heterocycles. The van der Waals surface area contributed by atoms with Crippen LogP contribution >= 0.6 is 0 Å². The summed E-state index contributed by atoms with van der Waals surface area (Å²) < 4.78 is 10.5. The highest BCUT2D eigenvalue weighted by Crippen LogP contribution is 2.24. The van der Waals surface area contributed by atoms with Gasteiger partial charge in [-0.25, -0.2) is 0 Å². The summed E-state index contributed by atoms with van der Waals surface area (Å²) in [6.45, 7) is 2.67. The van der Waals surface area contributed by atoms with Crippen molar-refractivity contribution in [3.63, 3.8) is 0 Å². The summed E-state index contributed by atoms with van der Waals surface area (Å²) in [7, 11) is 1.94. The lowest BCUT2D eigenvalue weighted by molar-refractivity contribution is 0.340. The second-order valence-corrected chi connectivity index (χ2v) is 3.78. The molecule has 1 aromatic carbocycles. The maximum absolute atomic E-state index is 5.43. The minimum absolute atomic E-state index is 0.157. The molecule has 17 heavy (non-hydrogen) atoms. The fourth-order valence-corrected chi connectivity index (χ4v) is 1.89. The maximum atomic E-state index is 5.43. The number of furan rings is 1. The summed E-state index contributed by atoms with van der Waals surface area (Å²) >= 11 is 0.